The van der Waals surface area contributed by atoms with E-state index in [1.54, 1.807) is 12.1 Å². The van der Waals surface area contributed by atoms with Crippen molar-refractivity contribution < 1.29 is 9.53 Å². The molecule has 2 aromatic carbocycles. The van der Waals surface area contributed by atoms with Crippen LogP contribution in [-0.2, 0) is 17.6 Å². The molecule has 1 heterocycles. The van der Waals surface area contributed by atoms with E-state index in [4.69, 9.17) is 4.74 Å². The number of nitrogens with one attached hydrogen (secondary N) is 1. The molecule has 0 spiro atoms. The smallest absolute Gasteiger partial charge is 0.338 e. The number of aromatic amines is 1. The number of fused-ring (bicyclic) bond motifs is 1. The summed E-state index contributed by atoms with van der Waals surface area (Å²) in [7, 11) is 1.36. The van der Waals surface area contributed by atoms with Crippen LogP contribution < -0.4 is 5.56 Å². The number of benzene rings is 2. The van der Waals surface area contributed by atoms with Crippen LogP contribution in [0.25, 0.3) is 10.9 Å². The molecule has 0 aliphatic heterocycles. The molecule has 3 rings (SSSR count). The van der Waals surface area contributed by atoms with Crippen molar-refractivity contribution in [2.45, 2.75) is 26.7 Å². The number of methoxy groups -OCH3 is 1. The van der Waals surface area contributed by atoms with Crippen LogP contribution in [0.15, 0.2) is 47.3 Å². The van der Waals surface area contributed by atoms with Gasteiger partial charge in [-0.3, -0.25) is 4.79 Å². The van der Waals surface area contributed by atoms with Crippen LogP contribution >= 0.6 is 0 Å². The molecular weight excluding hydrogens is 314 g/mol. The average molecular weight is 335 g/mol. The summed E-state index contributed by atoms with van der Waals surface area (Å²) in [6.07, 6.45) is 1.31. The van der Waals surface area contributed by atoms with Crippen molar-refractivity contribution in [2.75, 3.05) is 7.11 Å². The highest BCUT2D eigenvalue weighted by atomic mass is 16.5. The number of carbonyl (C=O) groups excluding carboxylic acids is 1. The van der Waals surface area contributed by atoms with E-state index in [1.165, 1.54) is 12.7 Å². The highest BCUT2D eigenvalue weighted by molar-refractivity contribution is 5.91. The summed E-state index contributed by atoms with van der Waals surface area (Å²) < 4.78 is 4.85. The first-order chi connectivity index (χ1) is 12.0. The lowest BCUT2D eigenvalue weighted by Gasteiger charge is -2.12. The van der Waals surface area contributed by atoms with Gasteiger partial charge in [-0.2, -0.15) is 0 Å². The van der Waals surface area contributed by atoms with Gasteiger partial charge in [0.15, 0.2) is 0 Å². The largest absolute Gasteiger partial charge is 0.465 e. The van der Waals surface area contributed by atoms with E-state index >= 15 is 0 Å². The topological polar surface area (TPSA) is 59.2 Å². The summed E-state index contributed by atoms with van der Waals surface area (Å²) in [5.41, 5.74) is 4.82. The monoisotopic (exact) mass is 335 g/mol. The summed E-state index contributed by atoms with van der Waals surface area (Å²) in [4.78, 5) is 27.6. The van der Waals surface area contributed by atoms with Gasteiger partial charge >= 0.3 is 5.97 Å². The second-order valence-corrected chi connectivity index (χ2v) is 6.12. The van der Waals surface area contributed by atoms with Crippen LogP contribution in [0.5, 0.6) is 0 Å². The lowest BCUT2D eigenvalue weighted by atomic mass is 9.95. The SMILES string of the molecule is CCc1ccc2c(C)c(Cc3ccccc3C(=O)OC)c(=O)[nH]c2c1. The number of hydrogen-bond donors (Lipinski definition) is 1. The Hall–Kier alpha value is -2.88. The van der Waals surface area contributed by atoms with Gasteiger partial charge in [0.1, 0.15) is 0 Å². The maximum atomic E-state index is 12.6. The van der Waals surface area contributed by atoms with Crippen molar-refractivity contribution in [3.63, 3.8) is 0 Å². The molecule has 0 amide bonds. The number of aromatic nitrogens is 1. The summed E-state index contributed by atoms with van der Waals surface area (Å²) >= 11 is 0. The molecule has 0 radical (unpaired) electrons. The molecule has 0 aliphatic carbocycles. The average Bonchev–Trinajstić information content (AvgIpc) is 2.64. The fraction of sp³-hybridized carbons (Fsp3) is 0.238. The van der Waals surface area contributed by atoms with Gasteiger partial charge < -0.3 is 9.72 Å². The van der Waals surface area contributed by atoms with Gasteiger partial charge in [-0.05, 0) is 42.2 Å². The zero-order chi connectivity index (χ0) is 18.0. The van der Waals surface area contributed by atoms with Crippen LogP contribution in [0.3, 0.4) is 0 Å². The molecule has 0 saturated heterocycles. The molecule has 0 atom stereocenters. The van der Waals surface area contributed by atoms with Crippen LogP contribution in [0, 0.1) is 6.92 Å². The first-order valence-corrected chi connectivity index (χ1v) is 8.35. The third kappa shape index (κ3) is 3.20. The molecule has 3 aromatic rings. The van der Waals surface area contributed by atoms with Crippen molar-refractivity contribution in [3.05, 3.63) is 80.6 Å². The van der Waals surface area contributed by atoms with Gasteiger partial charge in [-0.1, -0.05) is 37.3 Å². The Labute approximate surface area is 146 Å². The predicted molar refractivity (Wildman–Crippen MR) is 99.3 cm³/mol. The molecule has 0 fully saturated rings. The molecule has 0 bridgehead atoms. The van der Waals surface area contributed by atoms with E-state index in [9.17, 15) is 9.59 Å². The Morgan fingerprint density at radius 2 is 1.92 bits per heavy atom. The first kappa shape index (κ1) is 17.0. The number of esters is 1. The maximum Gasteiger partial charge on any atom is 0.338 e. The number of rotatable bonds is 4. The standard InChI is InChI=1S/C21H21NO3/c1-4-14-9-10-16-13(2)18(20(23)22-19(16)11-14)12-15-7-5-6-8-17(15)21(24)25-3/h5-11H,4,12H2,1-3H3,(H,22,23). The Morgan fingerprint density at radius 1 is 1.16 bits per heavy atom. The highest BCUT2D eigenvalue weighted by Crippen LogP contribution is 2.22. The van der Waals surface area contributed by atoms with Crippen molar-refractivity contribution in [3.8, 4) is 0 Å². The molecule has 0 unspecified atom stereocenters. The molecule has 128 valence electrons. The normalized spacial score (nSPS) is 10.8. The van der Waals surface area contributed by atoms with Crippen molar-refractivity contribution in [1.82, 2.24) is 4.98 Å². The van der Waals surface area contributed by atoms with Gasteiger partial charge in [0.25, 0.3) is 5.56 Å². The third-order valence-corrected chi connectivity index (χ3v) is 4.66. The maximum absolute atomic E-state index is 12.6. The minimum absolute atomic E-state index is 0.113. The number of aryl methyl sites for hydroxylation is 2. The molecule has 4 nitrogen and oxygen atoms in total. The summed E-state index contributed by atoms with van der Waals surface area (Å²) in [5, 5.41) is 1.03. The predicted octanol–water partition coefficient (Wildman–Crippen LogP) is 3.78. The Kier molecular flexibility index (Phi) is 4.70. The minimum atomic E-state index is -0.391. The number of pyridine rings is 1. The van der Waals surface area contributed by atoms with E-state index in [0.717, 1.165) is 28.5 Å². The zero-order valence-corrected chi connectivity index (χ0v) is 14.7. The number of carbonyl (C=O) groups is 1. The van der Waals surface area contributed by atoms with Crippen LogP contribution in [0.4, 0.5) is 0 Å². The lowest BCUT2D eigenvalue weighted by molar-refractivity contribution is 0.0599. The fourth-order valence-electron chi connectivity index (χ4n) is 3.16. The van der Waals surface area contributed by atoms with Gasteiger partial charge in [0.2, 0.25) is 0 Å². The molecule has 1 aromatic heterocycles. The second-order valence-electron chi connectivity index (χ2n) is 6.12. The number of hydrogen-bond acceptors (Lipinski definition) is 3. The summed E-state index contributed by atoms with van der Waals surface area (Å²) in [5.74, 6) is -0.391. The van der Waals surface area contributed by atoms with Crippen molar-refractivity contribution >= 4 is 16.9 Å². The second kappa shape index (κ2) is 6.93. The summed E-state index contributed by atoms with van der Waals surface area (Å²) in [6, 6.07) is 13.4. The lowest BCUT2D eigenvalue weighted by Crippen LogP contribution is -2.17. The number of H-pyrrole nitrogens is 1. The van der Waals surface area contributed by atoms with E-state index in [0.29, 0.717) is 17.5 Å². The number of ether oxygens (including phenoxy) is 1. The van der Waals surface area contributed by atoms with Crippen LogP contribution in [0.2, 0.25) is 0 Å². The fourth-order valence-corrected chi connectivity index (χ4v) is 3.16. The molecular formula is C21H21NO3. The molecule has 1 N–H and O–H groups in total. The Bertz CT molecular complexity index is 1000. The highest BCUT2D eigenvalue weighted by Gasteiger charge is 2.15. The van der Waals surface area contributed by atoms with Crippen molar-refractivity contribution in [2.24, 2.45) is 0 Å². The molecule has 0 aliphatic rings. The van der Waals surface area contributed by atoms with Gasteiger partial charge in [-0.25, -0.2) is 4.79 Å². The first-order valence-electron chi connectivity index (χ1n) is 8.35. The van der Waals surface area contributed by atoms with E-state index < -0.39 is 5.97 Å². The van der Waals surface area contributed by atoms with E-state index in [-0.39, 0.29) is 5.56 Å². The van der Waals surface area contributed by atoms with Crippen LogP contribution in [0.1, 0.15) is 39.5 Å². The Morgan fingerprint density at radius 3 is 2.64 bits per heavy atom. The minimum Gasteiger partial charge on any atom is -0.465 e. The van der Waals surface area contributed by atoms with E-state index in [2.05, 4.69) is 24.0 Å². The third-order valence-electron chi connectivity index (χ3n) is 4.66. The molecule has 25 heavy (non-hydrogen) atoms. The molecule has 4 heteroatoms. The van der Waals surface area contributed by atoms with Crippen molar-refractivity contribution in [1.29, 1.82) is 0 Å². The van der Waals surface area contributed by atoms with Gasteiger partial charge in [-0.15, -0.1) is 0 Å². The Balaban J connectivity index is 2.12. The molecule has 0 saturated carbocycles. The van der Waals surface area contributed by atoms with Gasteiger partial charge in [0, 0.05) is 22.9 Å². The zero-order valence-electron chi connectivity index (χ0n) is 14.7. The van der Waals surface area contributed by atoms with Gasteiger partial charge in [0.05, 0.1) is 12.7 Å². The van der Waals surface area contributed by atoms with Crippen LogP contribution in [-0.4, -0.2) is 18.1 Å². The van der Waals surface area contributed by atoms with E-state index in [1.807, 2.05) is 25.1 Å². The summed E-state index contributed by atoms with van der Waals surface area (Å²) in [6.45, 7) is 4.05. The quantitative estimate of drug-likeness (QED) is 0.738.